The first-order chi connectivity index (χ1) is 13.2. The molecule has 0 bridgehead atoms. The van der Waals surface area contributed by atoms with E-state index < -0.39 is 5.41 Å². The van der Waals surface area contributed by atoms with Crippen molar-refractivity contribution in [1.29, 1.82) is 10.5 Å². The summed E-state index contributed by atoms with van der Waals surface area (Å²) in [7, 11) is 0. The van der Waals surface area contributed by atoms with Crippen LogP contribution in [0.4, 0.5) is 0 Å². The van der Waals surface area contributed by atoms with Crippen LogP contribution in [0.1, 0.15) is 34.7 Å². The zero-order valence-electron chi connectivity index (χ0n) is 15.1. The molecule has 2 aliphatic rings. The predicted octanol–water partition coefficient (Wildman–Crippen LogP) is 3.78. The van der Waals surface area contributed by atoms with Gasteiger partial charge in [-0.3, -0.25) is 9.69 Å². The van der Waals surface area contributed by atoms with E-state index in [1.54, 1.807) is 0 Å². The zero-order valence-corrected chi connectivity index (χ0v) is 15.1. The fourth-order valence-corrected chi connectivity index (χ4v) is 4.90. The number of hydrogen-bond donors (Lipinski definition) is 0. The van der Waals surface area contributed by atoms with E-state index in [-0.39, 0.29) is 17.1 Å². The summed E-state index contributed by atoms with van der Waals surface area (Å²) in [4.78, 5) is 14.6. The minimum absolute atomic E-state index is 0.0341. The Labute approximate surface area is 159 Å². The van der Waals surface area contributed by atoms with E-state index in [0.717, 1.165) is 37.1 Å². The number of carbonyl (C=O) groups excluding carboxylic acids is 1. The molecule has 1 saturated heterocycles. The standard InChI is InChI=1S/C23H21N3O/c24-16-23(17-25)21(19-9-5-2-6-10-19)22(23)11-13-26(14-12-22)15-20(27)18-7-3-1-4-8-18/h1-10,21H,11-15H2. The Bertz CT molecular complexity index is 902. The number of nitrogens with zero attached hydrogens (tertiary/aromatic N) is 3. The van der Waals surface area contributed by atoms with Gasteiger partial charge in [0.2, 0.25) is 0 Å². The fourth-order valence-electron chi connectivity index (χ4n) is 4.90. The highest BCUT2D eigenvalue weighted by Crippen LogP contribution is 2.77. The Kier molecular flexibility index (Phi) is 4.30. The largest absolute Gasteiger partial charge is 0.296 e. The number of likely N-dealkylation sites (tertiary alicyclic amines) is 1. The molecule has 4 heteroatoms. The first kappa shape index (κ1) is 17.5. The van der Waals surface area contributed by atoms with Crippen LogP contribution in [-0.4, -0.2) is 30.3 Å². The monoisotopic (exact) mass is 355 g/mol. The number of nitriles is 2. The van der Waals surface area contributed by atoms with Gasteiger partial charge < -0.3 is 0 Å². The predicted molar refractivity (Wildman–Crippen MR) is 102 cm³/mol. The van der Waals surface area contributed by atoms with Crippen molar-refractivity contribution in [2.24, 2.45) is 10.8 Å². The summed E-state index contributed by atoms with van der Waals surface area (Å²) in [5.74, 6) is 0.0851. The number of Topliss-reactive ketones (excluding diaryl/α,β-unsaturated/α-hetero) is 1. The van der Waals surface area contributed by atoms with Gasteiger partial charge in [0.1, 0.15) is 0 Å². The van der Waals surface area contributed by atoms with Crippen LogP contribution in [0.3, 0.4) is 0 Å². The molecule has 0 N–H and O–H groups in total. The highest BCUT2D eigenvalue weighted by atomic mass is 16.1. The average molecular weight is 355 g/mol. The van der Waals surface area contributed by atoms with Gasteiger partial charge in [-0.15, -0.1) is 0 Å². The van der Waals surface area contributed by atoms with Crippen molar-refractivity contribution in [2.45, 2.75) is 18.8 Å². The molecule has 1 aliphatic heterocycles. The van der Waals surface area contributed by atoms with E-state index in [4.69, 9.17) is 0 Å². The van der Waals surface area contributed by atoms with E-state index in [9.17, 15) is 15.3 Å². The molecular weight excluding hydrogens is 334 g/mol. The van der Waals surface area contributed by atoms with Gasteiger partial charge in [0, 0.05) is 16.9 Å². The number of benzene rings is 2. The molecule has 1 unspecified atom stereocenters. The molecule has 27 heavy (non-hydrogen) atoms. The molecule has 2 fully saturated rings. The summed E-state index contributed by atoms with van der Waals surface area (Å²) in [6, 6.07) is 24.0. The maximum atomic E-state index is 12.5. The van der Waals surface area contributed by atoms with Crippen molar-refractivity contribution in [2.75, 3.05) is 19.6 Å². The fraction of sp³-hybridized carbons (Fsp3) is 0.348. The van der Waals surface area contributed by atoms with Gasteiger partial charge in [0.25, 0.3) is 0 Å². The second-order valence-electron chi connectivity index (χ2n) is 7.60. The summed E-state index contributed by atoms with van der Waals surface area (Å²) in [6.45, 7) is 1.88. The molecule has 4 nitrogen and oxygen atoms in total. The van der Waals surface area contributed by atoms with Crippen molar-refractivity contribution < 1.29 is 4.79 Å². The van der Waals surface area contributed by atoms with Gasteiger partial charge in [-0.25, -0.2) is 0 Å². The second kappa shape index (κ2) is 6.65. The Morgan fingerprint density at radius 2 is 1.52 bits per heavy atom. The lowest BCUT2D eigenvalue weighted by molar-refractivity contribution is 0.0876. The Balaban J connectivity index is 1.49. The van der Waals surface area contributed by atoms with Crippen LogP contribution < -0.4 is 0 Å². The molecule has 1 atom stereocenters. The van der Waals surface area contributed by atoms with E-state index >= 15 is 0 Å². The maximum absolute atomic E-state index is 12.5. The number of hydrogen-bond acceptors (Lipinski definition) is 4. The minimum atomic E-state index is -0.941. The molecule has 1 saturated carbocycles. The molecular formula is C23H21N3O. The second-order valence-corrected chi connectivity index (χ2v) is 7.60. The smallest absolute Gasteiger partial charge is 0.176 e. The molecule has 2 aromatic rings. The normalized spacial score (nSPS) is 22.5. The van der Waals surface area contributed by atoms with Crippen molar-refractivity contribution in [3.8, 4) is 12.1 Å². The van der Waals surface area contributed by atoms with E-state index in [1.807, 2.05) is 60.7 Å². The number of ketones is 1. The zero-order chi connectivity index (χ0) is 18.9. The number of carbonyl (C=O) groups is 1. The topological polar surface area (TPSA) is 67.9 Å². The Hall–Kier alpha value is -2.95. The molecule has 1 spiro atoms. The summed E-state index contributed by atoms with van der Waals surface area (Å²) in [6.07, 6.45) is 1.55. The molecule has 4 rings (SSSR count). The van der Waals surface area contributed by atoms with Crippen molar-refractivity contribution >= 4 is 5.78 Å². The van der Waals surface area contributed by atoms with Crippen LogP contribution >= 0.6 is 0 Å². The quantitative estimate of drug-likeness (QED) is 0.783. The van der Waals surface area contributed by atoms with Crippen LogP contribution in [0.5, 0.6) is 0 Å². The Morgan fingerprint density at radius 1 is 0.963 bits per heavy atom. The van der Waals surface area contributed by atoms with Gasteiger partial charge >= 0.3 is 0 Å². The van der Waals surface area contributed by atoms with Crippen molar-refractivity contribution in [1.82, 2.24) is 4.90 Å². The minimum Gasteiger partial charge on any atom is -0.296 e. The molecule has 1 heterocycles. The maximum Gasteiger partial charge on any atom is 0.176 e. The molecule has 134 valence electrons. The number of piperidine rings is 1. The first-order valence-electron chi connectivity index (χ1n) is 9.35. The van der Waals surface area contributed by atoms with Gasteiger partial charge in [0.15, 0.2) is 11.2 Å². The van der Waals surface area contributed by atoms with E-state index in [1.165, 1.54) is 0 Å². The summed E-state index contributed by atoms with van der Waals surface area (Å²) in [5, 5.41) is 19.7. The van der Waals surface area contributed by atoms with Gasteiger partial charge in [-0.1, -0.05) is 60.7 Å². The molecule has 0 radical (unpaired) electrons. The molecule has 2 aromatic carbocycles. The summed E-state index contributed by atoms with van der Waals surface area (Å²) < 4.78 is 0. The van der Waals surface area contributed by atoms with Crippen molar-refractivity contribution in [3.63, 3.8) is 0 Å². The van der Waals surface area contributed by atoms with Crippen LogP contribution in [0.25, 0.3) is 0 Å². The lowest BCUT2D eigenvalue weighted by Crippen LogP contribution is -2.39. The highest BCUT2D eigenvalue weighted by Gasteiger charge is 2.78. The van der Waals surface area contributed by atoms with Crippen LogP contribution in [0.15, 0.2) is 60.7 Å². The first-order valence-corrected chi connectivity index (χ1v) is 9.35. The van der Waals surface area contributed by atoms with Gasteiger partial charge in [-0.2, -0.15) is 10.5 Å². The van der Waals surface area contributed by atoms with Gasteiger partial charge in [0.05, 0.1) is 18.7 Å². The average Bonchev–Trinajstić information content (AvgIpc) is 3.31. The SMILES string of the molecule is N#CC1(C#N)C(c2ccccc2)C12CCN(CC(=O)c1ccccc1)CC2. The Morgan fingerprint density at radius 3 is 2.07 bits per heavy atom. The third-order valence-electron chi connectivity index (χ3n) is 6.38. The summed E-state index contributed by atoms with van der Waals surface area (Å²) >= 11 is 0. The highest BCUT2D eigenvalue weighted by molar-refractivity contribution is 5.97. The lowest BCUT2D eigenvalue weighted by atomic mass is 9.84. The molecule has 0 aromatic heterocycles. The third kappa shape index (κ3) is 2.65. The lowest BCUT2D eigenvalue weighted by Gasteiger charge is -2.33. The van der Waals surface area contributed by atoms with Crippen LogP contribution in [0, 0.1) is 33.5 Å². The van der Waals surface area contributed by atoms with E-state index in [0.29, 0.717) is 6.54 Å². The molecule has 0 amide bonds. The van der Waals surface area contributed by atoms with E-state index in [2.05, 4.69) is 17.0 Å². The van der Waals surface area contributed by atoms with Crippen molar-refractivity contribution in [3.05, 3.63) is 71.8 Å². The molecule has 1 aliphatic carbocycles. The summed E-state index contributed by atoms with van der Waals surface area (Å²) in [5.41, 5.74) is 0.581. The third-order valence-corrected chi connectivity index (χ3v) is 6.38. The van der Waals surface area contributed by atoms with Crippen LogP contribution in [0.2, 0.25) is 0 Å². The van der Waals surface area contributed by atoms with Crippen LogP contribution in [-0.2, 0) is 0 Å². The number of rotatable bonds is 4. The van der Waals surface area contributed by atoms with Gasteiger partial charge in [-0.05, 0) is 31.5 Å².